The Labute approximate surface area is 375 Å². The molecule has 6 nitrogen and oxygen atoms in total. The van der Waals surface area contributed by atoms with Crippen LogP contribution >= 0.6 is 0 Å². The van der Waals surface area contributed by atoms with Gasteiger partial charge in [0, 0.05) is 38.4 Å². The van der Waals surface area contributed by atoms with E-state index in [9.17, 15) is 5.26 Å². The lowest BCUT2D eigenvalue weighted by Crippen LogP contribution is -2.31. The average Bonchev–Trinajstić information content (AvgIpc) is 3.90. The minimum Gasteiger partial charge on any atom is -0.309 e. The molecule has 12 aromatic rings. The summed E-state index contributed by atoms with van der Waals surface area (Å²) in [5.74, 6) is 1.62. The molecule has 0 radical (unpaired) electrons. The molecule has 0 spiro atoms. The molecule has 0 aliphatic heterocycles. The van der Waals surface area contributed by atoms with E-state index in [0.717, 1.165) is 82.7 Å². The van der Waals surface area contributed by atoms with Gasteiger partial charge >= 0.3 is 0 Å². The Kier molecular flexibility index (Phi) is 8.99. The number of benzene rings is 9. The molecular weight excluding hydrogens is 793 g/mol. The fraction of sp³-hybridized carbons (Fsp3) is 0.0169. The van der Waals surface area contributed by atoms with Gasteiger partial charge in [0.2, 0.25) is 5.95 Å². The van der Waals surface area contributed by atoms with Gasteiger partial charge in [-0.2, -0.15) is 15.2 Å². The van der Waals surface area contributed by atoms with Gasteiger partial charge < -0.3 is 4.57 Å². The smallest absolute Gasteiger partial charge is 0.238 e. The minimum atomic E-state index is -0.748. The first-order valence-electron chi connectivity index (χ1n) is 21.8. The monoisotopic (exact) mass is 830 g/mol. The zero-order valence-corrected chi connectivity index (χ0v) is 35.1. The highest BCUT2D eigenvalue weighted by atomic mass is 15.2. The fourth-order valence-electron chi connectivity index (χ4n) is 9.99. The maximum atomic E-state index is 9.83. The number of hydrogen-bond donors (Lipinski definition) is 0. The summed E-state index contributed by atoms with van der Waals surface area (Å²) in [5, 5.41) is 14.2. The van der Waals surface area contributed by atoms with E-state index in [1.165, 1.54) is 0 Å². The third-order valence-electron chi connectivity index (χ3n) is 12.8. The Balaban J connectivity index is 1.15. The van der Waals surface area contributed by atoms with Crippen LogP contribution in [0.25, 0.3) is 78.0 Å². The van der Waals surface area contributed by atoms with Crippen LogP contribution in [-0.4, -0.2) is 24.1 Å². The molecule has 0 unspecified atom stereocenters. The summed E-state index contributed by atoms with van der Waals surface area (Å²) in [5.41, 5.74) is 11.1. The van der Waals surface area contributed by atoms with Crippen molar-refractivity contribution in [2.75, 3.05) is 0 Å². The molecule has 0 amide bonds. The molecule has 0 atom stereocenters. The summed E-state index contributed by atoms with van der Waals surface area (Å²) in [7, 11) is 0. The predicted molar refractivity (Wildman–Crippen MR) is 262 cm³/mol. The number of hydrogen-bond acceptors (Lipinski definition) is 4. The molecule has 6 heteroatoms. The molecule has 0 aliphatic carbocycles. The number of nitriles is 1. The van der Waals surface area contributed by atoms with Crippen molar-refractivity contribution in [1.29, 1.82) is 5.26 Å². The van der Waals surface area contributed by atoms with E-state index >= 15 is 0 Å². The molecule has 12 rings (SSSR count). The normalized spacial score (nSPS) is 11.7. The maximum Gasteiger partial charge on any atom is 0.238 e. The second kappa shape index (κ2) is 15.5. The Morgan fingerprint density at radius 2 is 0.877 bits per heavy atom. The van der Waals surface area contributed by atoms with Crippen molar-refractivity contribution in [3.63, 3.8) is 0 Å². The first kappa shape index (κ1) is 37.8. The van der Waals surface area contributed by atoms with E-state index in [1.807, 2.05) is 24.3 Å². The van der Waals surface area contributed by atoms with E-state index in [1.54, 1.807) is 0 Å². The molecule has 9 aromatic carbocycles. The van der Waals surface area contributed by atoms with Crippen LogP contribution < -0.4 is 0 Å². The van der Waals surface area contributed by atoms with Crippen molar-refractivity contribution in [2.45, 2.75) is 5.41 Å². The SMILES string of the molecule is N#Cc1ccc2c(c1)c1ccccc1n2-c1cccc(-c2nc(-c3ccccc3C(c3ccccc3)(c3ccccc3)c3ccccc3)nc(-n3c4ccccc4c4ccccc43)n2)c1. The first-order chi connectivity index (χ1) is 32.2. The van der Waals surface area contributed by atoms with E-state index in [0.29, 0.717) is 23.2 Å². The number of nitrogens with zero attached hydrogens (tertiary/aromatic N) is 6. The number of rotatable bonds is 8. The highest BCUT2D eigenvalue weighted by Gasteiger charge is 2.40. The van der Waals surface area contributed by atoms with E-state index in [-0.39, 0.29) is 0 Å². The number of fused-ring (bicyclic) bond motifs is 6. The zero-order valence-electron chi connectivity index (χ0n) is 35.1. The largest absolute Gasteiger partial charge is 0.309 e. The van der Waals surface area contributed by atoms with Crippen molar-refractivity contribution in [3.05, 3.63) is 258 Å². The van der Waals surface area contributed by atoms with Crippen LogP contribution in [0.1, 0.15) is 27.8 Å². The van der Waals surface area contributed by atoms with E-state index in [2.05, 4.69) is 221 Å². The molecule has 304 valence electrons. The summed E-state index contributed by atoms with van der Waals surface area (Å²) < 4.78 is 4.43. The number of para-hydroxylation sites is 3. The summed E-state index contributed by atoms with van der Waals surface area (Å²) in [6.07, 6.45) is 0. The zero-order chi connectivity index (χ0) is 43.3. The van der Waals surface area contributed by atoms with Crippen molar-refractivity contribution in [1.82, 2.24) is 24.1 Å². The van der Waals surface area contributed by atoms with Crippen LogP contribution in [0, 0.1) is 11.3 Å². The Bertz CT molecular complexity index is 3640. The van der Waals surface area contributed by atoms with Crippen LogP contribution in [0.15, 0.2) is 231 Å². The molecule has 65 heavy (non-hydrogen) atoms. The number of aromatic nitrogens is 5. The van der Waals surface area contributed by atoms with Crippen molar-refractivity contribution in [3.8, 4) is 40.5 Å². The molecule has 3 aromatic heterocycles. The van der Waals surface area contributed by atoms with E-state index < -0.39 is 5.41 Å². The van der Waals surface area contributed by atoms with Gasteiger partial charge in [-0.1, -0.05) is 182 Å². The third kappa shape index (κ3) is 6.06. The lowest BCUT2D eigenvalue weighted by molar-refractivity contribution is 0.745. The molecule has 0 saturated carbocycles. The molecule has 0 aliphatic rings. The molecule has 3 heterocycles. The quantitative estimate of drug-likeness (QED) is 0.143. The molecular formula is C59H38N6. The van der Waals surface area contributed by atoms with E-state index in [4.69, 9.17) is 15.0 Å². The van der Waals surface area contributed by atoms with Crippen LogP contribution in [0.4, 0.5) is 0 Å². The minimum absolute atomic E-state index is 0.522. The van der Waals surface area contributed by atoms with Gasteiger partial charge in [-0.3, -0.25) is 4.57 Å². The predicted octanol–water partition coefficient (Wildman–Crippen LogP) is 13.7. The Morgan fingerprint density at radius 3 is 1.48 bits per heavy atom. The second-order valence-electron chi connectivity index (χ2n) is 16.3. The Morgan fingerprint density at radius 1 is 0.385 bits per heavy atom. The lowest BCUT2D eigenvalue weighted by Gasteiger charge is -2.38. The Hall–Kier alpha value is -8.92. The summed E-state index contributed by atoms with van der Waals surface area (Å²) in [4.78, 5) is 16.4. The maximum absolute atomic E-state index is 9.83. The van der Waals surface area contributed by atoms with Crippen molar-refractivity contribution < 1.29 is 0 Å². The van der Waals surface area contributed by atoms with Gasteiger partial charge in [0.1, 0.15) is 0 Å². The van der Waals surface area contributed by atoms with Gasteiger partial charge in [-0.25, -0.2) is 4.98 Å². The van der Waals surface area contributed by atoms with Gasteiger partial charge in [0.25, 0.3) is 0 Å². The van der Waals surface area contributed by atoms with Crippen LogP contribution in [0.5, 0.6) is 0 Å². The second-order valence-corrected chi connectivity index (χ2v) is 16.3. The van der Waals surface area contributed by atoms with Gasteiger partial charge in [0.15, 0.2) is 11.6 Å². The fourth-order valence-corrected chi connectivity index (χ4v) is 9.99. The highest BCUT2D eigenvalue weighted by molar-refractivity contribution is 6.10. The van der Waals surface area contributed by atoms with Gasteiger partial charge in [-0.05, 0) is 70.8 Å². The standard InChI is InChI=1S/C59H38N6/c60-39-40-35-36-55-50(37-40)48-29-13-15-32-52(48)64(55)45-26-18-19-41(38-45)56-61-57(63-58(62-56)65-53-33-16-11-27-46(53)47-28-12-17-34-54(47)65)49-30-10-14-31-51(49)59(42-20-4-1-5-21-42,43-22-6-2-7-23-43)44-24-8-3-9-25-44/h1-38H. The molecule has 0 N–H and O–H groups in total. The summed E-state index contributed by atoms with van der Waals surface area (Å²) >= 11 is 0. The lowest BCUT2D eigenvalue weighted by atomic mass is 9.64. The summed E-state index contributed by atoms with van der Waals surface area (Å²) in [6, 6.07) is 82.7. The summed E-state index contributed by atoms with van der Waals surface area (Å²) in [6.45, 7) is 0. The molecule has 0 bridgehead atoms. The van der Waals surface area contributed by atoms with Gasteiger partial charge in [0.05, 0.1) is 39.1 Å². The molecule has 0 saturated heterocycles. The van der Waals surface area contributed by atoms with Crippen LogP contribution in [0.2, 0.25) is 0 Å². The first-order valence-corrected chi connectivity index (χ1v) is 21.8. The highest BCUT2D eigenvalue weighted by Crippen LogP contribution is 2.48. The van der Waals surface area contributed by atoms with Gasteiger partial charge in [-0.15, -0.1) is 0 Å². The van der Waals surface area contributed by atoms with Crippen molar-refractivity contribution in [2.24, 2.45) is 0 Å². The third-order valence-corrected chi connectivity index (χ3v) is 12.8. The topological polar surface area (TPSA) is 72.3 Å². The van der Waals surface area contributed by atoms with Crippen molar-refractivity contribution >= 4 is 43.6 Å². The average molecular weight is 831 g/mol. The van der Waals surface area contributed by atoms with Crippen LogP contribution in [0.3, 0.4) is 0 Å². The van der Waals surface area contributed by atoms with Crippen LogP contribution in [-0.2, 0) is 5.41 Å². The molecule has 0 fully saturated rings.